The molecule has 2 atom stereocenters. The molecule has 0 spiro atoms. The third-order valence-electron chi connectivity index (χ3n) is 4.85. The number of carbonyl (C=O) groups excluding carboxylic acids is 1. The highest BCUT2D eigenvalue weighted by Gasteiger charge is 2.45. The first-order valence-corrected chi connectivity index (χ1v) is 8.11. The van der Waals surface area contributed by atoms with Crippen molar-refractivity contribution in [3.63, 3.8) is 0 Å². The summed E-state index contributed by atoms with van der Waals surface area (Å²) in [5, 5.41) is 0. The zero-order valence-electron chi connectivity index (χ0n) is 14.2. The third kappa shape index (κ3) is 2.56. The van der Waals surface area contributed by atoms with E-state index in [0.29, 0.717) is 6.42 Å². The zero-order valence-corrected chi connectivity index (χ0v) is 14.2. The Hall–Kier alpha value is -2.69. The lowest BCUT2D eigenvalue weighted by atomic mass is 9.76. The Kier molecular flexibility index (Phi) is 4.09. The second kappa shape index (κ2) is 6.07. The highest BCUT2D eigenvalue weighted by atomic mass is 16.2. The number of aliphatic imine (C=N–C) groups is 1. The van der Waals surface area contributed by atoms with Crippen LogP contribution in [-0.2, 0) is 10.3 Å². The standard InChI is InChI=1S/C19H22N4O/c1-4-16-17(24)23(3)18(20)22-19(16,2)15-9-5-7-13(11-15)14-8-6-10-21-12-14/h5-12,16H,4H2,1-3H3,(H2,20,22)/t16-,19+/m0/s1. The van der Waals surface area contributed by atoms with Gasteiger partial charge in [0.1, 0.15) is 0 Å². The van der Waals surface area contributed by atoms with E-state index >= 15 is 0 Å². The van der Waals surface area contributed by atoms with Crippen molar-refractivity contribution in [1.29, 1.82) is 0 Å². The Labute approximate surface area is 142 Å². The smallest absolute Gasteiger partial charge is 0.234 e. The molecule has 0 bridgehead atoms. The molecule has 1 amide bonds. The lowest BCUT2D eigenvalue weighted by Gasteiger charge is -2.40. The maximum atomic E-state index is 12.7. The van der Waals surface area contributed by atoms with Crippen molar-refractivity contribution in [3.8, 4) is 11.1 Å². The summed E-state index contributed by atoms with van der Waals surface area (Å²) in [6.07, 6.45) is 4.28. The number of hydrogen-bond donors (Lipinski definition) is 1. The number of benzene rings is 1. The van der Waals surface area contributed by atoms with E-state index in [2.05, 4.69) is 16.0 Å². The van der Waals surface area contributed by atoms with Crippen LogP contribution in [0.3, 0.4) is 0 Å². The summed E-state index contributed by atoms with van der Waals surface area (Å²) in [5.41, 5.74) is 8.40. The molecule has 2 N–H and O–H groups in total. The molecule has 0 fully saturated rings. The zero-order chi connectivity index (χ0) is 17.3. The number of nitrogens with two attached hydrogens (primary N) is 1. The van der Waals surface area contributed by atoms with Gasteiger partial charge in [0, 0.05) is 19.4 Å². The van der Waals surface area contributed by atoms with Crippen LogP contribution in [0.15, 0.2) is 53.8 Å². The van der Waals surface area contributed by atoms with Gasteiger partial charge in [-0.15, -0.1) is 0 Å². The number of rotatable bonds is 3. The molecule has 5 heteroatoms. The summed E-state index contributed by atoms with van der Waals surface area (Å²) >= 11 is 0. The SMILES string of the molecule is CC[C@H]1C(=O)N(C)C(N)=N[C@]1(C)c1cccc(-c2cccnc2)c1. The van der Waals surface area contributed by atoms with Crippen LogP contribution in [0.5, 0.6) is 0 Å². The van der Waals surface area contributed by atoms with Crippen molar-refractivity contribution in [3.05, 3.63) is 54.4 Å². The average Bonchev–Trinajstić information content (AvgIpc) is 2.61. The molecule has 0 saturated carbocycles. The monoisotopic (exact) mass is 322 g/mol. The van der Waals surface area contributed by atoms with Crippen molar-refractivity contribution in [2.45, 2.75) is 25.8 Å². The molecular formula is C19H22N4O. The van der Waals surface area contributed by atoms with Gasteiger partial charge in [-0.2, -0.15) is 0 Å². The van der Waals surface area contributed by atoms with Crippen LogP contribution >= 0.6 is 0 Å². The van der Waals surface area contributed by atoms with Crippen LogP contribution in [-0.4, -0.2) is 28.8 Å². The maximum Gasteiger partial charge on any atom is 0.234 e. The molecule has 0 unspecified atom stereocenters. The van der Waals surface area contributed by atoms with Crippen molar-refractivity contribution < 1.29 is 4.79 Å². The number of carbonyl (C=O) groups is 1. The fourth-order valence-electron chi connectivity index (χ4n) is 3.36. The molecule has 0 radical (unpaired) electrons. The normalized spacial score (nSPS) is 24.0. The van der Waals surface area contributed by atoms with E-state index in [4.69, 9.17) is 5.73 Å². The number of aromatic nitrogens is 1. The van der Waals surface area contributed by atoms with Gasteiger partial charge in [0.05, 0.1) is 11.5 Å². The molecular weight excluding hydrogens is 300 g/mol. The number of guanidine groups is 1. The van der Waals surface area contributed by atoms with E-state index in [1.165, 1.54) is 4.90 Å². The van der Waals surface area contributed by atoms with E-state index in [1.54, 1.807) is 13.2 Å². The third-order valence-corrected chi connectivity index (χ3v) is 4.85. The second-order valence-electron chi connectivity index (χ2n) is 6.30. The molecule has 2 aromatic rings. The van der Waals surface area contributed by atoms with Crippen molar-refractivity contribution >= 4 is 11.9 Å². The topological polar surface area (TPSA) is 71.6 Å². The van der Waals surface area contributed by atoms with Gasteiger partial charge in [0.25, 0.3) is 0 Å². The van der Waals surface area contributed by atoms with E-state index in [-0.39, 0.29) is 17.8 Å². The number of amides is 1. The molecule has 3 rings (SSSR count). The highest BCUT2D eigenvalue weighted by molar-refractivity contribution is 6.00. The fraction of sp³-hybridized carbons (Fsp3) is 0.316. The van der Waals surface area contributed by atoms with Gasteiger partial charge in [-0.05, 0) is 42.2 Å². The first-order chi connectivity index (χ1) is 11.5. The molecule has 2 heterocycles. The molecule has 1 aromatic heterocycles. The first kappa shape index (κ1) is 16.2. The van der Waals surface area contributed by atoms with Gasteiger partial charge in [0.2, 0.25) is 5.91 Å². The van der Waals surface area contributed by atoms with Gasteiger partial charge in [-0.1, -0.05) is 31.2 Å². The van der Waals surface area contributed by atoms with Crippen LogP contribution in [0.2, 0.25) is 0 Å². The number of nitrogens with zero attached hydrogens (tertiary/aromatic N) is 3. The number of hydrogen-bond acceptors (Lipinski definition) is 4. The van der Waals surface area contributed by atoms with Crippen LogP contribution < -0.4 is 5.73 Å². The number of pyridine rings is 1. The summed E-state index contributed by atoms with van der Waals surface area (Å²) in [4.78, 5) is 23.0. The van der Waals surface area contributed by atoms with Gasteiger partial charge in [-0.25, -0.2) is 4.99 Å². The fourth-order valence-corrected chi connectivity index (χ4v) is 3.36. The molecule has 1 aromatic carbocycles. The van der Waals surface area contributed by atoms with Crippen LogP contribution in [0, 0.1) is 5.92 Å². The molecule has 5 nitrogen and oxygen atoms in total. The summed E-state index contributed by atoms with van der Waals surface area (Å²) in [6, 6.07) is 12.0. The first-order valence-electron chi connectivity index (χ1n) is 8.11. The predicted octanol–water partition coefficient (Wildman–Crippen LogP) is 2.78. The van der Waals surface area contributed by atoms with Crippen molar-refractivity contribution in [2.75, 3.05) is 7.05 Å². The quantitative estimate of drug-likeness (QED) is 0.944. The Morgan fingerprint density at radius 2 is 2.00 bits per heavy atom. The summed E-state index contributed by atoms with van der Waals surface area (Å²) in [7, 11) is 1.68. The minimum atomic E-state index is -0.666. The predicted molar refractivity (Wildman–Crippen MR) is 95.2 cm³/mol. The Morgan fingerprint density at radius 1 is 1.25 bits per heavy atom. The minimum Gasteiger partial charge on any atom is -0.369 e. The highest BCUT2D eigenvalue weighted by Crippen LogP contribution is 2.40. The van der Waals surface area contributed by atoms with E-state index in [0.717, 1.165) is 16.7 Å². The van der Waals surface area contributed by atoms with Gasteiger partial charge < -0.3 is 5.73 Å². The molecule has 1 aliphatic heterocycles. The Morgan fingerprint density at radius 3 is 2.67 bits per heavy atom. The van der Waals surface area contributed by atoms with Crippen molar-refractivity contribution in [2.24, 2.45) is 16.6 Å². The minimum absolute atomic E-state index is 0.0132. The van der Waals surface area contributed by atoms with Crippen LogP contribution in [0.25, 0.3) is 11.1 Å². The summed E-state index contributed by atoms with van der Waals surface area (Å²) in [5.74, 6) is 0.0391. The van der Waals surface area contributed by atoms with Gasteiger partial charge in [0.15, 0.2) is 5.96 Å². The maximum absolute atomic E-state index is 12.7. The molecule has 1 aliphatic rings. The van der Waals surface area contributed by atoms with Gasteiger partial charge in [-0.3, -0.25) is 14.7 Å². The lowest BCUT2D eigenvalue weighted by molar-refractivity contribution is -0.134. The summed E-state index contributed by atoms with van der Waals surface area (Å²) < 4.78 is 0. The second-order valence-corrected chi connectivity index (χ2v) is 6.30. The molecule has 0 aliphatic carbocycles. The van der Waals surface area contributed by atoms with E-state index < -0.39 is 5.54 Å². The van der Waals surface area contributed by atoms with Crippen molar-refractivity contribution in [1.82, 2.24) is 9.88 Å². The van der Waals surface area contributed by atoms with Crippen LogP contribution in [0.4, 0.5) is 0 Å². The van der Waals surface area contributed by atoms with E-state index in [9.17, 15) is 4.79 Å². The Balaban J connectivity index is 2.11. The molecule has 124 valence electrons. The van der Waals surface area contributed by atoms with Crippen LogP contribution in [0.1, 0.15) is 25.8 Å². The van der Waals surface area contributed by atoms with E-state index in [1.807, 2.05) is 50.4 Å². The average molecular weight is 322 g/mol. The largest absolute Gasteiger partial charge is 0.369 e. The van der Waals surface area contributed by atoms with Gasteiger partial charge >= 0.3 is 0 Å². The lowest BCUT2D eigenvalue weighted by Crippen LogP contribution is -2.53. The molecule has 24 heavy (non-hydrogen) atoms. The Bertz CT molecular complexity index is 787. The molecule has 0 saturated heterocycles. The summed E-state index contributed by atoms with van der Waals surface area (Å²) in [6.45, 7) is 4.00.